The molecule has 1 aliphatic carbocycles. The maximum atomic E-state index is 9.49. The van der Waals surface area contributed by atoms with E-state index in [9.17, 15) is 10.2 Å². The number of aromatic nitrogens is 4. The van der Waals surface area contributed by atoms with Crippen LogP contribution in [0.3, 0.4) is 0 Å². The van der Waals surface area contributed by atoms with Crippen molar-refractivity contribution in [1.82, 2.24) is 20.2 Å². The lowest BCUT2D eigenvalue weighted by molar-refractivity contribution is 0.403. The van der Waals surface area contributed by atoms with E-state index < -0.39 is 0 Å². The molecule has 0 fully saturated rings. The number of hydrogen-bond acceptors (Lipinski definition) is 7. The van der Waals surface area contributed by atoms with Gasteiger partial charge in [-0.25, -0.2) is 5.43 Å². The first kappa shape index (κ1) is 16.8. The maximum absolute atomic E-state index is 9.49. The van der Waals surface area contributed by atoms with Crippen molar-refractivity contribution in [3.8, 4) is 11.5 Å². The third kappa shape index (κ3) is 3.37. The molecule has 3 aromatic rings. The molecule has 0 radical (unpaired) electrons. The molecule has 0 spiro atoms. The predicted octanol–water partition coefficient (Wildman–Crippen LogP) is 3.28. The lowest BCUT2D eigenvalue weighted by Gasteiger charge is -2.12. The van der Waals surface area contributed by atoms with Gasteiger partial charge in [0, 0.05) is 16.7 Å². The number of nitrogens with zero attached hydrogens (tertiary/aromatic N) is 4. The second-order valence-corrected chi connectivity index (χ2v) is 6.89. The van der Waals surface area contributed by atoms with Gasteiger partial charge in [0.15, 0.2) is 17.1 Å². The third-order valence-corrected chi connectivity index (χ3v) is 4.22. The van der Waals surface area contributed by atoms with Crippen LogP contribution in [0.25, 0.3) is 23.3 Å². The summed E-state index contributed by atoms with van der Waals surface area (Å²) in [6, 6.07) is 4.39. The van der Waals surface area contributed by atoms with Crippen molar-refractivity contribution in [2.45, 2.75) is 13.8 Å². The first-order valence-electron chi connectivity index (χ1n) is 8.37. The van der Waals surface area contributed by atoms with Gasteiger partial charge in [0.2, 0.25) is 0 Å². The summed E-state index contributed by atoms with van der Waals surface area (Å²) in [5, 5.41) is 31.1. The minimum Gasteiger partial charge on any atom is -0.504 e. The molecule has 4 N–H and O–H groups in total. The molecule has 136 valence electrons. The lowest BCUT2D eigenvalue weighted by atomic mass is 9.93. The molecular weight excluding hydrogens is 344 g/mol. The Bertz CT molecular complexity index is 1110. The van der Waals surface area contributed by atoms with Crippen molar-refractivity contribution >= 4 is 35.5 Å². The number of phenolic OH excluding ortho intramolecular Hbond substituents is 2. The largest absolute Gasteiger partial charge is 0.504 e. The normalized spacial score (nSPS) is 15.2. The average Bonchev–Trinajstić information content (AvgIpc) is 2.90. The Balaban J connectivity index is 1.57. The molecule has 0 atom stereocenters. The van der Waals surface area contributed by atoms with E-state index >= 15 is 0 Å². The highest BCUT2D eigenvalue weighted by atomic mass is 16.3. The Morgan fingerprint density at radius 3 is 2.74 bits per heavy atom. The zero-order valence-corrected chi connectivity index (χ0v) is 14.8. The van der Waals surface area contributed by atoms with Crippen molar-refractivity contribution in [2.75, 3.05) is 5.43 Å². The molecule has 1 aromatic carbocycles. The molecule has 2 heterocycles. The van der Waals surface area contributed by atoms with E-state index in [-0.39, 0.29) is 22.9 Å². The van der Waals surface area contributed by atoms with Crippen LogP contribution in [0.1, 0.15) is 30.7 Å². The molecule has 8 heteroatoms. The molecule has 0 bridgehead atoms. The van der Waals surface area contributed by atoms with Gasteiger partial charge >= 0.3 is 0 Å². The third-order valence-electron chi connectivity index (χ3n) is 4.22. The number of allylic oxidation sites excluding steroid dienone is 2. The van der Waals surface area contributed by atoms with Gasteiger partial charge in [-0.15, -0.1) is 10.2 Å². The number of aromatic amines is 1. The van der Waals surface area contributed by atoms with Crippen molar-refractivity contribution in [3.63, 3.8) is 0 Å². The lowest BCUT2D eigenvalue weighted by Crippen LogP contribution is -2.00. The number of benzene rings is 1. The maximum Gasteiger partial charge on any atom is 0.265 e. The van der Waals surface area contributed by atoms with Crippen LogP contribution >= 0.6 is 0 Å². The standard InChI is InChI=1S/C19H18N6O2/c1-19(2)7-5-12-13(6-8-19)21-17-16(12)23-25-18(22-17)24-20-10-11-3-4-14(26)15(27)9-11/h3-10,26-27H,1-2H3,(H2,21,22,24,25)/b20-10+. The van der Waals surface area contributed by atoms with E-state index in [0.717, 1.165) is 11.3 Å². The zero-order chi connectivity index (χ0) is 19.0. The van der Waals surface area contributed by atoms with Crippen LogP contribution in [0, 0.1) is 5.41 Å². The summed E-state index contributed by atoms with van der Waals surface area (Å²) in [6.45, 7) is 4.26. The molecule has 1 aliphatic rings. The van der Waals surface area contributed by atoms with E-state index in [1.54, 1.807) is 6.07 Å². The quantitative estimate of drug-likeness (QED) is 0.322. The minimum absolute atomic E-state index is 0.0219. The van der Waals surface area contributed by atoms with Gasteiger partial charge in [0.25, 0.3) is 5.95 Å². The zero-order valence-electron chi connectivity index (χ0n) is 14.8. The Morgan fingerprint density at radius 1 is 1.11 bits per heavy atom. The van der Waals surface area contributed by atoms with Crippen LogP contribution in [0.5, 0.6) is 11.5 Å². The summed E-state index contributed by atoms with van der Waals surface area (Å²) < 4.78 is 0. The second kappa shape index (κ2) is 6.24. The average molecular weight is 362 g/mol. The van der Waals surface area contributed by atoms with E-state index in [2.05, 4.69) is 56.7 Å². The molecule has 0 unspecified atom stereocenters. The smallest absolute Gasteiger partial charge is 0.265 e. The SMILES string of the molecule is CC1(C)C=Cc2[nH]c3nc(N/N=C/c4ccc(O)c(O)c4)nnc3c2C=C1. The molecule has 4 rings (SSSR count). The molecule has 27 heavy (non-hydrogen) atoms. The number of rotatable bonds is 3. The highest BCUT2D eigenvalue weighted by Gasteiger charge is 2.17. The summed E-state index contributed by atoms with van der Waals surface area (Å²) in [5.41, 5.74) is 6.50. The predicted molar refractivity (Wildman–Crippen MR) is 105 cm³/mol. The van der Waals surface area contributed by atoms with Gasteiger partial charge in [-0.2, -0.15) is 10.1 Å². The van der Waals surface area contributed by atoms with Gasteiger partial charge in [0.1, 0.15) is 5.52 Å². The first-order chi connectivity index (χ1) is 12.9. The Kier molecular flexibility index (Phi) is 3.88. The molecular formula is C19H18N6O2. The van der Waals surface area contributed by atoms with E-state index in [0.29, 0.717) is 16.7 Å². The number of fused-ring (bicyclic) bond motifs is 3. The van der Waals surface area contributed by atoms with E-state index in [1.807, 2.05) is 12.2 Å². The molecule has 0 amide bonds. The summed E-state index contributed by atoms with van der Waals surface area (Å²) >= 11 is 0. The number of phenols is 2. The second-order valence-electron chi connectivity index (χ2n) is 6.89. The number of hydrogen-bond donors (Lipinski definition) is 4. The molecule has 0 saturated carbocycles. The van der Waals surface area contributed by atoms with Crippen LogP contribution in [-0.2, 0) is 0 Å². The van der Waals surface area contributed by atoms with E-state index in [1.165, 1.54) is 18.3 Å². The number of hydrazone groups is 1. The van der Waals surface area contributed by atoms with Gasteiger partial charge in [-0.05, 0) is 29.8 Å². The van der Waals surface area contributed by atoms with Crippen molar-refractivity contribution in [3.05, 3.63) is 47.2 Å². The van der Waals surface area contributed by atoms with Crippen LogP contribution in [0.2, 0.25) is 0 Å². The van der Waals surface area contributed by atoms with Crippen molar-refractivity contribution < 1.29 is 10.2 Å². The summed E-state index contributed by atoms with van der Waals surface area (Å²) in [7, 11) is 0. The van der Waals surface area contributed by atoms with Crippen molar-refractivity contribution in [2.24, 2.45) is 10.5 Å². The topological polar surface area (TPSA) is 119 Å². The monoisotopic (exact) mass is 362 g/mol. The Labute approximate surface area is 155 Å². The van der Waals surface area contributed by atoms with E-state index in [4.69, 9.17) is 0 Å². The van der Waals surface area contributed by atoms with Crippen LogP contribution in [0.15, 0.2) is 35.5 Å². The van der Waals surface area contributed by atoms with Gasteiger partial charge in [-0.1, -0.05) is 32.1 Å². The highest BCUT2D eigenvalue weighted by molar-refractivity contribution is 5.89. The number of nitrogens with one attached hydrogen (secondary N) is 2. The number of H-pyrrole nitrogens is 1. The van der Waals surface area contributed by atoms with Crippen LogP contribution in [0.4, 0.5) is 5.95 Å². The molecule has 2 aromatic heterocycles. The number of aromatic hydroxyl groups is 2. The first-order valence-corrected chi connectivity index (χ1v) is 8.37. The summed E-state index contributed by atoms with van der Waals surface area (Å²) in [4.78, 5) is 7.65. The minimum atomic E-state index is -0.213. The Morgan fingerprint density at radius 2 is 1.93 bits per heavy atom. The molecule has 0 aliphatic heterocycles. The molecule has 8 nitrogen and oxygen atoms in total. The fourth-order valence-electron chi connectivity index (χ4n) is 2.70. The van der Waals surface area contributed by atoms with Crippen LogP contribution < -0.4 is 5.43 Å². The Hall–Kier alpha value is -3.68. The summed E-state index contributed by atoms with van der Waals surface area (Å²) in [6.07, 6.45) is 9.78. The molecule has 0 saturated heterocycles. The van der Waals surface area contributed by atoms with Gasteiger partial charge in [0.05, 0.1) is 6.21 Å². The van der Waals surface area contributed by atoms with Crippen molar-refractivity contribution in [1.29, 1.82) is 0 Å². The fraction of sp³-hybridized carbons (Fsp3) is 0.158. The van der Waals surface area contributed by atoms with Gasteiger partial charge in [-0.3, -0.25) is 0 Å². The van der Waals surface area contributed by atoms with Crippen LogP contribution in [-0.4, -0.2) is 36.6 Å². The van der Waals surface area contributed by atoms with Gasteiger partial charge < -0.3 is 15.2 Å². The number of anilines is 1. The fourth-order valence-corrected chi connectivity index (χ4v) is 2.70. The highest BCUT2D eigenvalue weighted by Crippen LogP contribution is 2.30. The summed E-state index contributed by atoms with van der Waals surface area (Å²) in [5.74, 6) is -0.155.